The molecular weight excluding hydrogens is 362 g/mol. The average Bonchev–Trinajstić information content (AvgIpc) is 2.37. The van der Waals surface area contributed by atoms with Crippen LogP contribution in [0.4, 0.5) is 0 Å². The molecule has 0 aromatic heterocycles. The standard InChI is InChI=1S/C17H20BrNO2S/c1-13-5-4-6-14(11-13)12-22(20,21)19-17(2,3)15-7-9-16(18)10-8-15/h4-11,19H,12H2,1-3H3. The molecule has 0 aliphatic heterocycles. The predicted octanol–water partition coefficient (Wildman–Crippen LogP) is 4.11. The first-order valence-electron chi connectivity index (χ1n) is 7.01. The van der Waals surface area contributed by atoms with Crippen LogP contribution in [0, 0.1) is 6.92 Å². The van der Waals surface area contributed by atoms with Crippen molar-refractivity contribution in [3.8, 4) is 0 Å². The molecule has 2 rings (SSSR count). The lowest BCUT2D eigenvalue weighted by Crippen LogP contribution is -2.41. The van der Waals surface area contributed by atoms with Gasteiger partial charge in [-0.15, -0.1) is 0 Å². The van der Waals surface area contributed by atoms with Crippen molar-refractivity contribution in [3.63, 3.8) is 0 Å². The minimum absolute atomic E-state index is 0.0192. The summed E-state index contributed by atoms with van der Waals surface area (Å²) >= 11 is 3.39. The predicted molar refractivity (Wildman–Crippen MR) is 94.1 cm³/mol. The van der Waals surface area contributed by atoms with Crippen LogP contribution in [0.5, 0.6) is 0 Å². The highest BCUT2D eigenvalue weighted by Crippen LogP contribution is 2.23. The Bertz CT molecular complexity index is 752. The molecule has 0 amide bonds. The Morgan fingerprint density at radius 1 is 1.09 bits per heavy atom. The third-order valence-corrected chi connectivity index (χ3v) is 5.48. The molecule has 118 valence electrons. The zero-order valence-electron chi connectivity index (χ0n) is 12.9. The second kappa shape index (κ2) is 6.52. The molecular formula is C17H20BrNO2S. The molecule has 22 heavy (non-hydrogen) atoms. The summed E-state index contributed by atoms with van der Waals surface area (Å²) in [4.78, 5) is 0. The largest absolute Gasteiger partial charge is 0.216 e. The van der Waals surface area contributed by atoms with Crippen molar-refractivity contribution < 1.29 is 8.42 Å². The fourth-order valence-electron chi connectivity index (χ4n) is 2.37. The van der Waals surface area contributed by atoms with Crippen molar-refractivity contribution in [2.45, 2.75) is 32.1 Å². The first kappa shape index (κ1) is 17.2. The Morgan fingerprint density at radius 3 is 2.32 bits per heavy atom. The summed E-state index contributed by atoms with van der Waals surface area (Å²) in [5, 5.41) is 0. The van der Waals surface area contributed by atoms with Gasteiger partial charge >= 0.3 is 0 Å². The van der Waals surface area contributed by atoms with Gasteiger partial charge in [0, 0.05) is 4.47 Å². The highest BCUT2D eigenvalue weighted by Gasteiger charge is 2.26. The van der Waals surface area contributed by atoms with Crippen LogP contribution in [0.15, 0.2) is 53.0 Å². The highest BCUT2D eigenvalue weighted by molar-refractivity contribution is 9.10. The normalized spacial score (nSPS) is 12.4. The van der Waals surface area contributed by atoms with Gasteiger partial charge in [-0.2, -0.15) is 0 Å². The van der Waals surface area contributed by atoms with Crippen LogP contribution >= 0.6 is 15.9 Å². The van der Waals surface area contributed by atoms with Crippen LogP contribution in [0.1, 0.15) is 30.5 Å². The molecule has 0 saturated heterocycles. The van der Waals surface area contributed by atoms with E-state index in [4.69, 9.17) is 0 Å². The molecule has 2 aromatic rings. The van der Waals surface area contributed by atoms with E-state index in [1.807, 2.05) is 69.3 Å². The lowest BCUT2D eigenvalue weighted by molar-refractivity contribution is 0.471. The lowest BCUT2D eigenvalue weighted by atomic mass is 9.96. The van der Waals surface area contributed by atoms with Crippen molar-refractivity contribution in [1.29, 1.82) is 0 Å². The van der Waals surface area contributed by atoms with Gasteiger partial charge in [-0.3, -0.25) is 0 Å². The molecule has 2 aromatic carbocycles. The van der Waals surface area contributed by atoms with Crippen LogP contribution in [0.25, 0.3) is 0 Å². The second-order valence-corrected chi connectivity index (χ2v) is 8.62. The van der Waals surface area contributed by atoms with E-state index in [2.05, 4.69) is 20.7 Å². The molecule has 0 saturated carbocycles. The zero-order chi connectivity index (χ0) is 16.4. The molecule has 5 heteroatoms. The number of aryl methyl sites for hydroxylation is 1. The monoisotopic (exact) mass is 381 g/mol. The van der Waals surface area contributed by atoms with E-state index in [0.29, 0.717) is 0 Å². The van der Waals surface area contributed by atoms with E-state index < -0.39 is 15.6 Å². The second-order valence-electron chi connectivity index (χ2n) is 5.98. The van der Waals surface area contributed by atoms with Gasteiger partial charge in [-0.05, 0) is 44.0 Å². The molecule has 0 aliphatic carbocycles. The topological polar surface area (TPSA) is 46.2 Å². The smallest absolute Gasteiger partial charge is 0.212 e. The van der Waals surface area contributed by atoms with Gasteiger partial charge in [0.25, 0.3) is 0 Å². The zero-order valence-corrected chi connectivity index (χ0v) is 15.3. The van der Waals surface area contributed by atoms with E-state index in [1.54, 1.807) is 0 Å². The molecule has 0 unspecified atom stereocenters. The minimum atomic E-state index is -3.43. The number of hydrogen-bond donors (Lipinski definition) is 1. The molecule has 0 fully saturated rings. The van der Waals surface area contributed by atoms with Crippen molar-refractivity contribution >= 4 is 26.0 Å². The average molecular weight is 382 g/mol. The van der Waals surface area contributed by atoms with Crippen LogP contribution in [0.3, 0.4) is 0 Å². The summed E-state index contributed by atoms with van der Waals surface area (Å²) in [6.45, 7) is 5.68. The molecule has 1 N–H and O–H groups in total. The summed E-state index contributed by atoms with van der Waals surface area (Å²) in [5.41, 5.74) is 2.10. The number of nitrogens with one attached hydrogen (secondary N) is 1. The van der Waals surface area contributed by atoms with Gasteiger partial charge in [0.2, 0.25) is 10.0 Å². The number of sulfonamides is 1. The molecule has 0 radical (unpaired) electrons. The maximum Gasteiger partial charge on any atom is 0.216 e. The number of halogens is 1. The van der Waals surface area contributed by atoms with Gasteiger partial charge in [-0.1, -0.05) is 57.9 Å². The fourth-order valence-corrected chi connectivity index (χ4v) is 4.22. The van der Waals surface area contributed by atoms with Gasteiger partial charge in [0.05, 0.1) is 11.3 Å². The Labute approximate surface area is 140 Å². The Hall–Kier alpha value is -1.17. The van der Waals surface area contributed by atoms with E-state index in [0.717, 1.165) is 21.2 Å². The summed E-state index contributed by atoms with van der Waals surface area (Å²) in [5.74, 6) is -0.0192. The maximum absolute atomic E-state index is 12.4. The van der Waals surface area contributed by atoms with Crippen molar-refractivity contribution in [2.75, 3.05) is 0 Å². The van der Waals surface area contributed by atoms with Crippen molar-refractivity contribution in [2.24, 2.45) is 0 Å². The van der Waals surface area contributed by atoms with Crippen LogP contribution in [-0.4, -0.2) is 8.42 Å². The van der Waals surface area contributed by atoms with E-state index in [1.165, 1.54) is 0 Å². The van der Waals surface area contributed by atoms with Crippen LogP contribution in [-0.2, 0) is 21.3 Å². The lowest BCUT2D eigenvalue weighted by Gasteiger charge is -2.26. The Balaban J connectivity index is 2.18. The number of hydrogen-bond acceptors (Lipinski definition) is 2. The summed E-state index contributed by atoms with van der Waals surface area (Å²) in [7, 11) is -3.43. The third kappa shape index (κ3) is 4.66. The Morgan fingerprint density at radius 2 is 1.73 bits per heavy atom. The van der Waals surface area contributed by atoms with Crippen LogP contribution < -0.4 is 4.72 Å². The summed E-state index contributed by atoms with van der Waals surface area (Å²) < 4.78 is 28.7. The van der Waals surface area contributed by atoms with E-state index in [-0.39, 0.29) is 5.75 Å². The van der Waals surface area contributed by atoms with E-state index >= 15 is 0 Å². The van der Waals surface area contributed by atoms with Crippen molar-refractivity contribution in [1.82, 2.24) is 4.72 Å². The van der Waals surface area contributed by atoms with Crippen LogP contribution in [0.2, 0.25) is 0 Å². The van der Waals surface area contributed by atoms with Gasteiger partial charge in [-0.25, -0.2) is 13.1 Å². The molecule has 3 nitrogen and oxygen atoms in total. The fraction of sp³-hybridized carbons (Fsp3) is 0.294. The summed E-state index contributed by atoms with van der Waals surface area (Å²) in [6, 6.07) is 15.2. The molecule has 0 aliphatic rings. The number of rotatable bonds is 5. The Kier molecular flexibility index (Phi) is 5.10. The summed E-state index contributed by atoms with van der Waals surface area (Å²) in [6.07, 6.45) is 0. The van der Waals surface area contributed by atoms with E-state index in [9.17, 15) is 8.42 Å². The van der Waals surface area contributed by atoms with Gasteiger partial charge < -0.3 is 0 Å². The molecule has 0 bridgehead atoms. The minimum Gasteiger partial charge on any atom is -0.212 e. The quantitative estimate of drug-likeness (QED) is 0.846. The maximum atomic E-state index is 12.4. The first-order chi connectivity index (χ1) is 10.2. The van der Waals surface area contributed by atoms with Gasteiger partial charge in [0.15, 0.2) is 0 Å². The third-order valence-electron chi connectivity index (χ3n) is 3.42. The molecule has 0 heterocycles. The highest BCUT2D eigenvalue weighted by atomic mass is 79.9. The van der Waals surface area contributed by atoms with Gasteiger partial charge in [0.1, 0.15) is 0 Å². The molecule has 0 spiro atoms. The van der Waals surface area contributed by atoms with Crippen molar-refractivity contribution in [3.05, 3.63) is 69.7 Å². The first-order valence-corrected chi connectivity index (χ1v) is 9.46. The number of benzene rings is 2. The molecule has 0 atom stereocenters. The SMILES string of the molecule is Cc1cccc(CS(=O)(=O)NC(C)(C)c2ccc(Br)cc2)c1.